The van der Waals surface area contributed by atoms with Gasteiger partial charge in [0.15, 0.2) is 0 Å². The lowest BCUT2D eigenvalue weighted by Crippen LogP contribution is -2.28. The Balaban J connectivity index is 1.29. The molecule has 4 bridgehead atoms. The molecule has 6 aliphatic carbocycles. The van der Waals surface area contributed by atoms with E-state index in [1.165, 1.54) is 38.2 Å². The van der Waals surface area contributed by atoms with Gasteiger partial charge in [0.25, 0.3) is 0 Å². The summed E-state index contributed by atoms with van der Waals surface area (Å²) in [5, 5.41) is 7.62. The van der Waals surface area contributed by atoms with Gasteiger partial charge in [-0.3, -0.25) is 0 Å². The maximum absolute atomic E-state index is 2.60. The van der Waals surface area contributed by atoms with Gasteiger partial charge in [-0.25, -0.2) is 0 Å². The fraction of sp³-hybridized carbons (Fsp3) is 0.220. The maximum atomic E-state index is 2.60. The molecule has 6 aliphatic rings. The van der Waals surface area contributed by atoms with Gasteiger partial charge in [0, 0.05) is 5.66 Å². The fourth-order valence-electron chi connectivity index (χ4n) is 6.80. The number of hydrogen-bond donors (Lipinski definition) is 0. The van der Waals surface area contributed by atoms with Crippen LogP contribution in [0.2, 0.25) is 0 Å². The van der Waals surface area contributed by atoms with Crippen LogP contribution in [0.25, 0.3) is 0 Å². The summed E-state index contributed by atoms with van der Waals surface area (Å²) in [7, 11) is -1.10. The van der Waals surface area contributed by atoms with E-state index in [-0.39, 0.29) is 0 Å². The minimum atomic E-state index is -0.576. The Morgan fingerprint density at radius 3 is 1.88 bits per heavy atom. The number of allylic oxidation sites excluding steroid dienone is 8. The van der Waals surface area contributed by atoms with Crippen molar-refractivity contribution in [3.8, 4) is 0 Å². The highest BCUT2D eigenvalue weighted by Crippen LogP contribution is 2.48. The van der Waals surface area contributed by atoms with Crippen LogP contribution in [0.5, 0.6) is 0 Å². The second-order valence-corrected chi connectivity index (χ2v) is 16.6. The zero-order valence-electron chi connectivity index (χ0n) is 25.1. The Bertz CT molecular complexity index is 1690. The van der Waals surface area contributed by atoms with Gasteiger partial charge in [0.1, 0.15) is 0 Å². The standard InChI is InChI=1S/C41H40P2/c1-31-13-11-12-20-39(31)43(38-18-9-4-10-19-38)41-30-33-22-26-34-25-21-32(23-27-35(41)28-24-33)29-40(34)42(36-14-5-2-6-15-36)37-16-7-3-8-17-37/h2,4-7,9-21,24-25,28-31,39H,3,8,22-23,26-27H2,1H3. The first-order valence-electron chi connectivity index (χ1n) is 15.9. The third-order valence-electron chi connectivity index (χ3n) is 9.12. The molecule has 0 nitrogen and oxygen atoms in total. The summed E-state index contributed by atoms with van der Waals surface area (Å²) >= 11 is 0. The first-order valence-corrected chi connectivity index (χ1v) is 18.6. The molecule has 214 valence electrons. The van der Waals surface area contributed by atoms with E-state index in [1.54, 1.807) is 10.6 Å². The van der Waals surface area contributed by atoms with Crippen LogP contribution in [0.1, 0.15) is 42.0 Å². The van der Waals surface area contributed by atoms with Gasteiger partial charge in [-0.2, -0.15) is 0 Å². The van der Waals surface area contributed by atoms with Gasteiger partial charge >= 0.3 is 0 Å². The Kier molecular flexibility index (Phi) is 8.70. The van der Waals surface area contributed by atoms with E-state index >= 15 is 0 Å². The maximum Gasteiger partial charge on any atom is 0.0114 e. The molecule has 10 rings (SSSR count). The van der Waals surface area contributed by atoms with Gasteiger partial charge in [0.2, 0.25) is 0 Å². The Labute approximate surface area is 260 Å². The van der Waals surface area contributed by atoms with Crippen molar-refractivity contribution in [1.29, 1.82) is 0 Å². The largest absolute Gasteiger partial charge is 0.0836 e. The molecule has 0 fully saturated rings. The summed E-state index contributed by atoms with van der Waals surface area (Å²) in [6.45, 7) is 2.40. The summed E-state index contributed by atoms with van der Waals surface area (Å²) in [5.74, 6) is 0.529. The summed E-state index contributed by atoms with van der Waals surface area (Å²) in [6.07, 6.45) is 23.3. The third-order valence-corrected chi connectivity index (χ3v) is 14.7. The number of hydrogen-bond acceptors (Lipinski definition) is 0. The van der Waals surface area contributed by atoms with E-state index in [9.17, 15) is 0 Å². The van der Waals surface area contributed by atoms with Gasteiger partial charge in [-0.1, -0.05) is 147 Å². The molecule has 0 spiro atoms. The van der Waals surface area contributed by atoms with Crippen LogP contribution in [0, 0.1) is 5.92 Å². The van der Waals surface area contributed by atoms with E-state index < -0.39 is 15.8 Å². The predicted molar refractivity (Wildman–Crippen MR) is 191 cm³/mol. The molecule has 0 aliphatic heterocycles. The van der Waals surface area contributed by atoms with Crippen LogP contribution in [0.3, 0.4) is 0 Å². The molecule has 4 aromatic rings. The number of rotatable bonds is 6. The van der Waals surface area contributed by atoms with E-state index in [2.05, 4.69) is 147 Å². The Hall–Kier alpha value is -3.30. The molecule has 4 unspecified atom stereocenters. The third kappa shape index (κ3) is 6.20. The van der Waals surface area contributed by atoms with Crippen molar-refractivity contribution in [3.63, 3.8) is 0 Å². The van der Waals surface area contributed by atoms with Crippen LogP contribution >= 0.6 is 15.8 Å². The van der Waals surface area contributed by atoms with E-state index in [1.807, 2.05) is 0 Å². The highest BCUT2D eigenvalue weighted by Gasteiger charge is 2.30. The van der Waals surface area contributed by atoms with Gasteiger partial charge in [-0.05, 0) is 109 Å². The first kappa shape index (κ1) is 28.5. The lowest BCUT2D eigenvalue weighted by Gasteiger charge is -2.33. The average Bonchev–Trinajstić information content (AvgIpc) is 3.05. The second-order valence-electron chi connectivity index (χ2n) is 12.0. The summed E-state index contributed by atoms with van der Waals surface area (Å²) in [6, 6.07) is 37.6. The van der Waals surface area contributed by atoms with Crippen molar-refractivity contribution in [2.45, 2.75) is 51.1 Å². The molecular formula is C41H40P2. The molecule has 0 aromatic heterocycles. The molecule has 0 saturated carbocycles. The van der Waals surface area contributed by atoms with Crippen LogP contribution in [-0.2, 0) is 25.7 Å². The highest BCUT2D eigenvalue weighted by molar-refractivity contribution is 7.77. The fourth-order valence-corrected chi connectivity index (χ4v) is 12.5. The van der Waals surface area contributed by atoms with Crippen molar-refractivity contribution >= 4 is 37.1 Å². The van der Waals surface area contributed by atoms with Crippen molar-refractivity contribution in [2.24, 2.45) is 5.92 Å². The molecule has 0 N–H and O–H groups in total. The number of benzene rings is 4. The lowest BCUT2D eigenvalue weighted by atomic mass is 9.96. The summed E-state index contributed by atoms with van der Waals surface area (Å²) in [4.78, 5) is 0. The number of aryl methyl sites for hydroxylation is 4. The van der Waals surface area contributed by atoms with Crippen molar-refractivity contribution in [1.82, 2.24) is 0 Å². The molecule has 0 saturated heterocycles. The zero-order chi connectivity index (χ0) is 29.0. The molecule has 2 heteroatoms. The molecule has 0 heterocycles. The highest BCUT2D eigenvalue weighted by atomic mass is 31.1. The summed E-state index contributed by atoms with van der Waals surface area (Å²) in [5.41, 5.74) is 6.51. The Morgan fingerprint density at radius 1 is 0.605 bits per heavy atom. The predicted octanol–water partition coefficient (Wildman–Crippen LogP) is 8.80. The topological polar surface area (TPSA) is 0 Å². The molecule has 43 heavy (non-hydrogen) atoms. The molecular weight excluding hydrogens is 554 g/mol. The molecule has 0 amide bonds. The lowest BCUT2D eigenvalue weighted by molar-refractivity contribution is 0.747. The quantitative estimate of drug-likeness (QED) is 0.196. The normalized spacial score (nSPS) is 20.7. The summed E-state index contributed by atoms with van der Waals surface area (Å²) < 4.78 is 0. The minimum absolute atomic E-state index is 0.514. The average molecular weight is 595 g/mol. The first-order chi connectivity index (χ1) is 21.2. The zero-order valence-corrected chi connectivity index (χ0v) is 26.9. The van der Waals surface area contributed by atoms with Gasteiger partial charge < -0.3 is 0 Å². The van der Waals surface area contributed by atoms with Gasteiger partial charge in [0.05, 0.1) is 0 Å². The van der Waals surface area contributed by atoms with Crippen molar-refractivity contribution in [2.75, 3.05) is 0 Å². The van der Waals surface area contributed by atoms with Crippen LogP contribution < -0.4 is 21.2 Å². The van der Waals surface area contributed by atoms with E-state index in [0.29, 0.717) is 11.6 Å². The molecule has 0 radical (unpaired) electrons. The van der Waals surface area contributed by atoms with E-state index in [0.717, 1.165) is 38.5 Å². The van der Waals surface area contributed by atoms with Crippen molar-refractivity contribution in [3.05, 3.63) is 167 Å². The molecule has 4 atom stereocenters. The van der Waals surface area contributed by atoms with Crippen LogP contribution in [0.4, 0.5) is 0 Å². The minimum Gasteiger partial charge on any atom is -0.0836 e. The van der Waals surface area contributed by atoms with Crippen LogP contribution in [-0.4, -0.2) is 5.66 Å². The second kappa shape index (κ2) is 13.1. The van der Waals surface area contributed by atoms with Crippen molar-refractivity contribution < 1.29 is 0 Å². The smallest absolute Gasteiger partial charge is 0.0114 e. The monoisotopic (exact) mass is 594 g/mol. The van der Waals surface area contributed by atoms with Crippen LogP contribution in [0.15, 0.2) is 145 Å². The Morgan fingerprint density at radius 2 is 1.23 bits per heavy atom. The van der Waals surface area contributed by atoms with Gasteiger partial charge in [-0.15, -0.1) is 0 Å². The SMILES string of the molecule is CC1C=CC=CC1P(c1ccccc1)c1cc2ccc1CCc1ccc(c(P(C3=CCCC=C3)c3ccccc3)c1)CC2. The van der Waals surface area contributed by atoms with E-state index in [4.69, 9.17) is 0 Å². The molecule has 4 aromatic carbocycles.